The summed E-state index contributed by atoms with van der Waals surface area (Å²) in [5.74, 6) is 0.653. The van der Waals surface area contributed by atoms with Crippen molar-refractivity contribution in [1.82, 2.24) is 0 Å². The summed E-state index contributed by atoms with van der Waals surface area (Å²) in [4.78, 5) is 11.7. The van der Waals surface area contributed by atoms with Crippen LogP contribution in [-0.2, 0) is 0 Å². The fraction of sp³-hybridized carbons (Fsp3) is 0. The molecule has 1 heterocycles. The Morgan fingerprint density at radius 2 is 2.06 bits per heavy atom. The van der Waals surface area contributed by atoms with Crippen LogP contribution in [0.2, 0.25) is 0 Å². The topological polar surface area (TPSA) is 50.4 Å². The van der Waals surface area contributed by atoms with Crippen molar-refractivity contribution in [3.8, 4) is 5.75 Å². The van der Waals surface area contributed by atoms with Crippen molar-refractivity contribution in [2.75, 3.05) is 0 Å². The van der Waals surface area contributed by atoms with Crippen LogP contribution in [0.3, 0.4) is 0 Å². The molecule has 1 aromatic heterocycles. The van der Waals surface area contributed by atoms with Crippen molar-refractivity contribution < 1.29 is 14.3 Å². The maximum atomic E-state index is 11.7. The molecule has 0 bridgehead atoms. The highest BCUT2D eigenvalue weighted by Crippen LogP contribution is 2.11. The van der Waals surface area contributed by atoms with Crippen molar-refractivity contribution in [3.05, 3.63) is 72.2 Å². The van der Waals surface area contributed by atoms with Crippen molar-refractivity contribution in [3.63, 3.8) is 0 Å². The molecule has 0 aliphatic carbocycles. The second-order valence-corrected chi connectivity index (χ2v) is 3.65. The molecule has 0 saturated heterocycles. The number of allylic oxidation sites excluding steroid dienone is 3. The molecule has 0 unspecified atom stereocenters. The fourth-order valence-corrected chi connectivity index (χ4v) is 1.43. The van der Waals surface area contributed by atoms with E-state index < -0.39 is 0 Å². The minimum absolute atomic E-state index is 0.0837. The van der Waals surface area contributed by atoms with Crippen LogP contribution in [0.5, 0.6) is 5.75 Å². The number of hydrogen-bond acceptors (Lipinski definition) is 3. The number of carbonyl (C=O) groups excluding carboxylic acids is 1. The van der Waals surface area contributed by atoms with Crippen LogP contribution < -0.4 is 0 Å². The van der Waals surface area contributed by atoms with Crippen LogP contribution in [0, 0.1) is 0 Å². The van der Waals surface area contributed by atoms with E-state index in [2.05, 4.69) is 0 Å². The first-order chi connectivity index (χ1) is 8.75. The maximum absolute atomic E-state index is 11.7. The number of carbonyl (C=O) groups is 1. The lowest BCUT2D eigenvalue weighted by atomic mass is 10.1. The molecule has 1 aromatic carbocycles. The number of hydrogen-bond donors (Lipinski definition) is 1. The SMILES string of the molecule is O=C(/C=C/C=C/c1ccco1)c1cccc(O)c1. The lowest BCUT2D eigenvalue weighted by Crippen LogP contribution is -1.92. The lowest BCUT2D eigenvalue weighted by molar-refractivity contribution is 0.104. The molecule has 0 radical (unpaired) electrons. The van der Waals surface area contributed by atoms with E-state index in [1.807, 2.05) is 6.07 Å². The summed E-state index contributed by atoms with van der Waals surface area (Å²) in [6.07, 6.45) is 8.14. The molecule has 2 rings (SSSR count). The molecule has 0 spiro atoms. The Morgan fingerprint density at radius 1 is 1.17 bits per heavy atom. The minimum atomic E-state index is -0.157. The van der Waals surface area contributed by atoms with Crippen LogP contribution in [0.15, 0.2) is 65.3 Å². The summed E-state index contributed by atoms with van der Waals surface area (Å²) < 4.78 is 5.10. The van der Waals surface area contributed by atoms with Gasteiger partial charge in [0.15, 0.2) is 5.78 Å². The molecule has 0 aliphatic heterocycles. The maximum Gasteiger partial charge on any atom is 0.185 e. The first-order valence-electron chi connectivity index (χ1n) is 5.47. The van der Waals surface area contributed by atoms with E-state index in [0.717, 1.165) is 5.76 Å². The number of furan rings is 1. The van der Waals surface area contributed by atoms with E-state index in [1.54, 1.807) is 42.7 Å². The smallest absolute Gasteiger partial charge is 0.185 e. The van der Waals surface area contributed by atoms with Crippen molar-refractivity contribution >= 4 is 11.9 Å². The average molecular weight is 240 g/mol. The highest BCUT2D eigenvalue weighted by molar-refractivity contribution is 6.04. The van der Waals surface area contributed by atoms with Gasteiger partial charge in [-0.2, -0.15) is 0 Å². The zero-order chi connectivity index (χ0) is 12.8. The summed E-state index contributed by atoms with van der Waals surface area (Å²) in [7, 11) is 0. The van der Waals surface area contributed by atoms with Crippen molar-refractivity contribution in [1.29, 1.82) is 0 Å². The number of ketones is 1. The fourth-order valence-electron chi connectivity index (χ4n) is 1.43. The second kappa shape index (κ2) is 5.68. The van der Waals surface area contributed by atoms with Gasteiger partial charge in [0.25, 0.3) is 0 Å². The Hall–Kier alpha value is -2.55. The van der Waals surface area contributed by atoms with E-state index in [9.17, 15) is 9.90 Å². The van der Waals surface area contributed by atoms with Gasteiger partial charge in [-0.3, -0.25) is 4.79 Å². The number of phenolic OH excluding ortho intramolecular Hbond substituents is 1. The zero-order valence-electron chi connectivity index (χ0n) is 9.61. The van der Waals surface area contributed by atoms with Crippen LogP contribution in [0.1, 0.15) is 16.1 Å². The van der Waals surface area contributed by atoms with Crippen LogP contribution in [0.25, 0.3) is 6.08 Å². The van der Waals surface area contributed by atoms with Gasteiger partial charge in [-0.05, 0) is 36.4 Å². The number of rotatable bonds is 4. The first-order valence-corrected chi connectivity index (χ1v) is 5.47. The molecular formula is C15H12O3. The van der Waals surface area contributed by atoms with Gasteiger partial charge in [-0.15, -0.1) is 0 Å². The molecule has 3 nitrogen and oxygen atoms in total. The summed E-state index contributed by atoms with van der Waals surface area (Å²) in [5.41, 5.74) is 0.456. The zero-order valence-corrected chi connectivity index (χ0v) is 9.61. The van der Waals surface area contributed by atoms with Gasteiger partial charge in [0.2, 0.25) is 0 Å². The molecule has 0 fully saturated rings. The van der Waals surface area contributed by atoms with E-state index >= 15 is 0 Å². The standard InChI is InChI=1S/C15H12O3/c16-13-6-3-5-12(11-13)15(17)9-2-1-7-14-8-4-10-18-14/h1-11,16H/b7-1+,9-2+. The first kappa shape index (κ1) is 11.9. The monoisotopic (exact) mass is 240 g/mol. The predicted molar refractivity (Wildman–Crippen MR) is 69.3 cm³/mol. The van der Waals surface area contributed by atoms with Crippen molar-refractivity contribution in [2.24, 2.45) is 0 Å². The Labute approximate surface area is 105 Å². The van der Waals surface area contributed by atoms with Crippen molar-refractivity contribution in [2.45, 2.75) is 0 Å². The Balaban J connectivity index is 1.99. The Bertz CT molecular complexity index is 578. The summed E-state index contributed by atoms with van der Waals surface area (Å²) in [6.45, 7) is 0. The lowest BCUT2D eigenvalue weighted by Gasteiger charge is -1.95. The molecule has 0 amide bonds. The largest absolute Gasteiger partial charge is 0.508 e. The van der Waals surface area contributed by atoms with Crippen LogP contribution in [0.4, 0.5) is 0 Å². The van der Waals surface area contributed by atoms with Gasteiger partial charge in [0.05, 0.1) is 6.26 Å². The third-order valence-electron chi connectivity index (χ3n) is 2.29. The van der Waals surface area contributed by atoms with Crippen LogP contribution >= 0.6 is 0 Å². The third kappa shape index (κ3) is 3.22. The normalized spacial score (nSPS) is 11.3. The second-order valence-electron chi connectivity index (χ2n) is 3.65. The van der Waals surface area contributed by atoms with E-state index in [-0.39, 0.29) is 11.5 Å². The molecule has 0 aliphatic rings. The van der Waals surface area contributed by atoms with Gasteiger partial charge in [0, 0.05) is 5.56 Å². The molecule has 2 aromatic rings. The summed E-state index contributed by atoms with van der Waals surface area (Å²) >= 11 is 0. The number of aromatic hydroxyl groups is 1. The van der Waals surface area contributed by atoms with Gasteiger partial charge in [0.1, 0.15) is 11.5 Å². The quantitative estimate of drug-likeness (QED) is 0.506. The Morgan fingerprint density at radius 3 is 2.78 bits per heavy atom. The van der Waals surface area contributed by atoms with Gasteiger partial charge < -0.3 is 9.52 Å². The highest BCUT2D eigenvalue weighted by atomic mass is 16.3. The highest BCUT2D eigenvalue weighted by Gasteiger charge is 2.00. The molecule has 18 heavy (non-hydrogen) atoms. The number of benzene rings is 1. The summed E-state index contributed by atoms with van der Waals surface area (Å²) in [6, 6.07) is 9.86. The van der Waals surface area contributed by atoms with Gasteiger partial charge >= 0.3 is 0 Å². The minimum Gasteiger partial charge on any atom is -0.508 e. The summed E-state index contributed by atoms with van der Waals surface area (Å²) in [5, 5.41) is 9.26. The molecule has 90 valence electrons. The average Bonchev–Trinajstić information content (AvgIpc) is 2.87. The molecule has 0 saturated carbocycles. The van der Waals surface area contributed by atoms with Crippen LogP contribution in [-0.4, -0.2) is 10.9 Å². The van der Waals surface area contributed by atoms with Gasteiger partial charge in [-0.25, -0.2) is 0 Å². The van der Waals surface area contributed by atoms with E-state index in [0.29, 0.717) is 5.56 Å². The molecule has 0 atom stereocenters. The molecule has 3 heteroatoms. The Kier molecular flexibility index (Phi) is 3.76. The van der Waals surface area contributed by atoms with Gasteiger partial charge in [-0.1, -0.05) is 24.3 Å². The number of phenols is 1. The van der Waals surface area contributed by atoms with E-state index in [1.165, 1.54) is 18.2 Å². The third-order valence-corrected chi connectivity index (χ3v) is 2.29. The predicted octanol–water partition coefficient (Wildman–Crippen LogP) is 3.44. The van der Waals surface area contributed by atoms with E-state index in [4.69, 9.17) is 4.42 Å². The molecule has 1 N–H and O–H groups in total. The molecular weight excluding hydrogens is 228 g/mol.